The highest BCUT2D eigenvalue weighted by Gasteiger charge is 2.53. The van der Waals surface area contributed by atoms with Crippen LogP contribution in [0.4, 0.5) is 17.1 Å². The van der Waals surface area contributed by atoms with E-state index in [2.05, 4.69) is 0 Å². The molecule has 0 saturated carbocycles. The molecule has 0 bridgehead atoms. The summed E-state index contributed by atoms with van der Waals surface area (Å²) in [5, 5.41) is 48.3. The summed E-state index contributed by atoms with van der Waals surface area (Å²) in [7, 11) is -8.21. The van der Waals surface area contributed by atoms with E-state index in [0.29, 0.717) is 38.8 Å². The summed E-state index contributed by atoms with van der Waals surface area (Å²) in [5.74, 6) is 0. The molecule has 0 radical (unpaired) electrons. The molecule has 0 fully saturated rings. The van der Waals surface area contributed by atoms with Gasteiger partial charge in [0.1, 0.15) is 5.25 Å². The fourth-order valence-corrected chi connectivity index (χ4v) is 6.82. The Hall–Kier alpha value is -4.12. The van der Waals surface area contributed by atoms with Crippen molar-refractivity contribution in [1.29, 1.82) is 0 Å². The first-order valence-electron chi connectivity index (χ1n) is 14.0. The molecule has 0 aromatic heterocycles. The fourth-order valence-electron chi connectivity index (χ4n) is 4.48. The van der Waals surface area contributed by atoms with Crippen molar-refractivity contribution in [3.8, 4) is 0 Å². The van der Waals surface area contributed by atoms with Crippen LogP contribution in [0.2, 0.25) is 0 Å². The van der Waals surface area contributed by atoms with Crippen LogP contribution in [0.15, 0.2) is 41.0 Å². The molecular weight excluding hydrogens is 656 g/mol. The van der Waals surface area contributed by atoms with Crippen molar-refractivity contribution in [3.05, 3.63) is 76.5 Å². The molecule has 0 heterocycles. The van der Waals surface area contributed by atoms with Crippen LogP contribution in [-0.4, -0.2) is 77.9 Å². The number of sulfonamides is 2. The maximum atomic E-state index is 12.6. The Kier molecular flexibility index (Phi) is 14.3. The zero-order valence-corrected chi connectivity index (χ0v) is 27.3. The van der Waals surface area contributed by atoms with Crippen LogP contribution in [0.1, 0.15) is 53.4 Å². The molecule has 46 heavy (non-hydrogen) atoms. The number of nitro benzene ring substituents is 2. The van der Waals surface area contributed by atoms with E-state index in [1.165, 1.54) is 9.21 Å². The first-order chi connectivity index (χ1) is 21.2. The van der Waals surface area contributed by atoms with E-state index < -0.39 is 72.6 Å². The number of hydrogen-bond acceptors (Lipinski definition) is 14. The van der Waals surface area contributed by atoms with E-state index in [4.69, 9.17) is 10.9 Å². The van der Waals surface area contributed by atoms with Gasteiger partial charge in [-0.05, 0) is 25.7 Å². The van der Waals surface area contributed by atoms with Gasteiger partial charge in [-0.1, -0.05) is 33.8 Å². The van der Waals surface area contributed by atoms with Gasteiger partial charge in [0.05, 0.1) is 24.6 Å². The lowest BCUT2D eigenvalue weighted by Gasteiger charge is -2.26. The number of rotatable bonds is 16. The van der Waals surface area contributed by atoms with Gasteiger partial charge in [-0.3, -0.25) is 46.2 Å². The molecular formula is C24H38N8O12S2. The van der Waals surface area contributed by atoms with Crippen molar-refractivity contribution >= 4 is 37.1 Å². The molecule has 258 valence electrons. The number of benzene rings is 1. The Balaban J connectivity index is 0.000000460. The predicted octanol–water partition coefficient (Wildman–Crippen LogP) is 2.25. The van der Waals surface area contributed by atoms with Gasteiger partial charge in [0.2, 0.25) is 20.0 Å². The van der Waals surface area contributed by atoms with Gasteiger partial charge in [-0.2, -0.15) is 0 Å². The van der Waals surface area contributed by atoms with Gasteiger partial charge >= 0.3 is 22.7 Å². The molecule has 1 aromatic carbocycles. The number of anilines is 1. The second kappa shape index (κ2) is 16.4. The third kappa shape index (κ3) is 9.45. The lowest BCUT2D eigenvalue weighted by atomic mass is 10.0. The normalized spacial score (nSPS) is 17.9. The number of nitrogens with zero attached hydrogens (tertiary/aromatic N) is 6. The van der Waals surface area contributed by atoms with Gasteiger partial charge in [-0.25, -0.2) is 26.3 Å². The average molecular weight is 695 g/mol. The van der Waals surface area contributed by atoms with Gasteiger partial charge in [-0.15, -0.1) is 0 Å². The van der Waals surface area contributed by atoms with E-state index in [9.17, 15) is 57.3 Å². The Morgan fingerprint density at radius 2 is 1.22 bits per heavy atom. The first kappa shape index (κ1) is 39.9. The zero-order chi connectivity index (χ0) is 35.6. The maximum absolute atomic E-state index is 12.6. The molecule has 20 nitrogen and oxygen atoms in total. The van der Waals surface area contributed by atoms with E-state index in [1.807, 2.05) is 27.7 Å². The monoisotopic (exact) mass is 694 g/mol. The molecule has 22 heteroatoms. The minimum absolute atomic E-state index is 0.198. The van der Waals surface area contributed by atoms with Crippen molar-refractivity contribution in [2.24, 2.45) is 10.9 Å². The van der Waals surface area contributed by atoms with Crippen molar-refractivity contribution in [2.45, 2.75) is 69.2 Å². The van der Waals surface area contributed by atoms with Crippen molar-refractivity contribution in [2.75, 3.05) is 31.1 Å². The summed E-state index contributed by atoms with van der Waals surface area (Å²) in [4.78, 5) is 41.9. The quantitative estimate of drug-likeness (QED) is 0.109. The zero-order valence-electron chi connectivity index (χ0n) is 25.7. The van der Waals surface area contributed by atoms with Crippen LogP contribution < -0.4 is 15.8 Å². The van der Waals surface area contributed by atoms with E-state index in [0.717, 1.165) is 30.4 Å². The minimum Gasteiger partial charge on any atom is -0.360 e. The van der Waals surface area contributed by atoms with Crippen molar-refractivity contribution in [1.82, 2.24) is 4.31 Å². The van der Waals surface area contributed by atoms with Gasteiger partial charge in [0.15, 0.2) is 5.69 Å². The number of hydrogen-bond donors (Lipinski definition) is 2. The molecule has 0 amide bonds. The average Bonchev–Trinajstić information content (AvgIpc) is 2.95. The van der Waals surface area contributed by atoms with Crippen molar-refractivity contribution in [3.63, 3.8) is 0 Å². The Morgan fingerprint density at radius 3 is 1.54 bits per heavy atom. The minimum atomic E-state index is -4.31. The summed E-state index contributed by atoms with van der Waals surface area (Å²) >= 11 is 0. The van der Waals surface area contributed by atoms with Crippen LogP contribution in [0.5, 0.6) is 0 Å². The maximum Gasteiger partial charge on any atom is 0.380 e. The van der Waals surface area contributed by atoms with Crippen LogP contribution in [0, 0.1) is 40.5 Å². The van der Waals surface area contributed by atoms with Crippen LogP contribution >= 0.6 is 0 Å². The summed E-state index contributed by atoms with van der Waals surface area (Å²) in [6.45, 7) is 8.55. The molecule has 0 saturated heterocycles. The summed E-state index contributed by atoms with van der Waals surface area (Å²) in [5.41, 5.74) is 0.463. The highest BCUT2D eigenvalue weighted by Crippen LogP contribution is 2.40. The molecule has 0 spiro atoms. The van der Waals surface area contributed by atoms with E-state index in [-0.39, 0.29) is 18.8 Å². The third-order valence-corrected chi connectivity index (χ3v) is 9.45. The summed E-state index contributed by atoms with van der Waals surface area (Å²) in [6, 6.07) is 1.52. The molecule has 0 aliphatic heterocycles. The lowest BCUT2D eigenvalue weighted by Crippen LogP contribution is -2.52. The number of nitrogens with two attached hydrogens (primary N) is 2. The Morgan fingerprint density at radius 1 is 0.783 bits per heavy atom. The molecule has 4 N–H and O–H groups in total. The largest absolute Gasteiger partial charge is 0.380 e. The molecule has 2 atom stereocenters. The molecule has 2 unspecified atom stereocenters. The molecule has 1 aliphatic carbocycles. The SMILES string of the molecule is CCCN(CCC)S(=O)(=O)C1C=CC(N)([N+](=O)[O-])C([N+](=O)[O-])=C1.CCCN(CCC)c1c([N+](=O)[O-])cc(S(N)(=O)=O)cc1[N+](=O)[O-]. The smallest absolute Gasteiger partial charge is 0.360 e. The van der Waals surface area contributed by atoms with Gasteiger partial charge < -0.3 is 4.90 Å². The topological polar surface area (TPSA) is 299 Å². The van der Waals surface area contributed by atoms with Crippen molar-refractivity contribution < 1.29 is 36.5 Å². The Labute approximate surface area is 265 Å². The summed E-state index contributed by atoms with van der Waals surface area (Å²) in [6.07, 6.45) is 4.94. The highest BCUT2D eigenvalue weighted by molar-refractivity contribution is 7.90. The third-order valence-electron chi connectivity index (χ3n) is 6.49. The predicted molar refractivity (Wildman–Crippen MR) is 167 cm³/mol. The Bertz CT molecular complexity index is 1550. The second-order valence-corrected chi connectivity index (χ2v) is 13.7. The molecule has 1 aliphatic rings. The molecule has 2 rings (SSSR count). The second-order valence-electron chi connectivity index (χ2n) is 10.0. The van der Waals surface area contributed by atoms with E-state index >= 15 is 0 Å². The van der Waals surface area contributed by atoms with Crippen LogP contribution in [-0.2, 0) is 20.0 Å². The highest BCUT2D eigenvalue weighted by atomic mass is 32.2. The number of primary sulfonamides is 1. The lowest BCUT2D eigenvalue weighted by molar-refractivity contribution is -0.583. The van der Waals surface area contributed by atoms with Crippen LogP contribution in [0.3, 0.4) is 0 Å². The molecule has 1 aromatic rings. The number of nitro groups is 4. The van der Waals surface area contributed by atoms with E-state index in [1.54, 1.807) is 0 Å². The first-order valence-corrected chi connectivity index (χ1v) is 17.0. The van der Waals surface area contributed by atoms with Crippen LogP contribution in [0.25, 0.3) is 0 Å². The fraction of sp³-hybridized carbons (Fsp3) is 0.583. The summed E-state index contributed by atoms with van der Waals surface area (Å²) < 4.78 is 49.3. The standard InChI is InChI=1S/C12H20N4O6S.C12H18N4O6S/c1-3-7-14(8-4-2)23(21,22)10-5-6-12(13,16(19)20)11(9-10)15(17)18;1-3-5-14(6-4-2)12-10(15(17)18)7-9(23(13,21)22)8-11(12)16(19)20/h5-6,9-10H,3-4,7-8,13H2,1-2H3;7-8H,3-6H2,1-2H3,(H2,13,21,22). The van der Waals surface area contributed by atoms with Gasteiger partial charge in [0, 0.05) is 50.5 Å². The van der Waals surface area contributed by atoms with Gasteiger partial charge in [0.25, 0.3) is 0 Å².